The van der Waals surface area contributed by atoms with Gasteiger partial charge in [-0.25, -0.2) is 13.2 Å². The van der Waals surface area contributed by atoms with Crippen molar-refractivity contribution >= 4 is 15.8 Å². The van der Waals surface area contributed by atoms with E-state index in [4.69, 9.17) is 5.11 Å². The summed E-state index contributed by atoms with van der Waals surface area (Å²) in [7, 11) is -4.30. The number of aliphatic carboxylic acids is 1. The maximum atomic E-state index is 11.8. The lowest BCUT2D eigenvalue weighted by molar-refractivity contribution is -0.148. The second-order valence-corrected chi connectivity index (χ2v) is 5.88. The Morgan fingerprint density at radius 3 is 2.06 bits per heavy atom. The van der Waals surface area contributed by atoms with Crippen LogP contribution in [0.3, 0.4) is 0 Å². The summed E-state index contributed by atoms with van der Waals surface area (Å²) < 4.78 is 23.6. The van der Waals surface area contributed by atoms with E-state index in [2.05, 4.69) is 0 Å². The highest BCUT2D eigenvalue weighted by Gasteiger charge is 2.45. The van der Waals surface area contributed by atoms with Gasteiger partial charge in [0.2, 0.25) is 9.84 Å². The fourth-order valence-corrected chi connectivity index (χ4v) is 2.25. The van der Waals surface area contributed by atoms with Crippen LogP contribution in [0.15, 0.2) is 29.2 Å². The molecule has 6 heteroatoms. The average Bonchev–Trinajstić information content (AvgIpc) is 2.17. The second-order valence-electron chi connectivity index (χ2n) is 3.60. The zero-order valence-corrected chi connectivity index (χ0v) is 9.65. The van der Waals surface area contributed by atoms with Gasteiger partial charge in [-0.15, -0.1) is 0 Å². The van der Waals surface area contributed by atoms with Gasteiger partial charge in [-0.3, -0.25) is 0 Å². The molecule has 1 rings (SSSR count). The number of carbonyl (C=O) groups is 1. The van der Waals surface area contributed by atoms with Crippen LogP contribution in [0, 0.1) is 6.92 Å². The Balaban J connectivity index is 3.33. The molecule has 0 radical (unpaired) electrons. The van der Waals surface area contributed by atoms with E-state index in [1.807, 2.05) is 0 Å². The van der Waals surface area contributed by atoms with Crippen LogP contribution in [0.1, 0.15) is 12.5 Å². The summed E-state index contributed by atoms with van der Waals surface area (Å²) in [6.07, 6.45) is 0. The summed E-state index contributed by atoms with van der Waals surface area (Å²) in [4.78, 5) is 7.64. The highest BCUT2D eigenvalue weighted by atomic mass is 32.2. The van der Waals surface area contributed by atoms with Gasteiger partial charge in [-0.1, -0.05) is 17.7 Å². The molecular weight excluding hydrogens is 232 g/mol. The first kappa shape index (κ1) is 12.7. The lowest BCUT2D eigenvalue weighted by Crippen LogP contribution is -2.43. The summed E-state index contributed by atoms with van der Waals surface area (Å²) in [6.45, 7) is 2.51. The Morgan fingerprint density at radius 2 is 1.69 bits per heavy atom. The molecule has 0 bridgehead atoms. The van der Waals surface area contributed by atoms with Crippen molar-refractivity contribution in [1.82, 2.24) is 0 Å². The number of benzene rings is 1. The monoisotopic (exact) mass is 244 g/mol. The van der Waals surface area contributed by atoms with Crippen LogP contribution in [0.5, 0.6) is 0 Å². The van der Waals surface area contributed by atoms with Gasteiger partial charge in [0.05, 0.1) is 4.90 Å². The third kappa shape index (κ3) is 1.94. The quantitative estimate of drug-likeness (QED) is 0.810. The minimum absolute atomic E-state index is 0.217. The Labute approximate surface area is 93.3 Å². The lowest BCUT2D eigenvalue weighted by atomic mass is 10.2. The first-order chi connectivity index (χ1) is 7.19. The van der Waals surface area contributed by atoms with Gasteiger partial charge < -0.3 is 10.2 Å². The Bertz CT molecular complexity index is 499. The predicted molar refractivity (Wildman–Crippen MR) is 56.6 cm³/mol. The van der Waals surface area contributed by atoms with Crippen molar-refractivity contribution in [1.29, 1.82) is 0 Å². The number of hydrogen-bond donors (Lipinski definition) is 2. The molecule has 0 saturated heterocycles. The van der Waals surface area contributed by atoms with Crippen LogP contribution in [0.2, 0.25) is 0 Å². The van der Waals surface area contributed by atoms with E-state index in [1.54, 1.807) is 6.92 Å². The van der Waals surface area contributed by atoms with Gasteiger partial charge in [0.25, 0.3) is 4.93 Å². The highest BCUT2D eigenvalue weighted by molar-refractivity contribution is 7.93. The van der Waals surface area contributed by atoms with Crippen molar-refractivity contribution in [2.45, 2.75) is 23.7 Å². The zero-order valence-electron chi connectivity index (χ0n) is 8.84. The molecule has 0 saturated carbocycles. The molecule has 1 unspecified atom stereocenters. The molecule has 1 aromatic carbocycles. The van der Waals surface area contributed by atoms with Crippen LogP contribution in [0.25, 0.3) is 0 Å². The van der Waals surface area contributed by atoms with E-state index >= 15 is 0 Å². The van der Waals surface area contributed by atoms with Crippen molar-refractivity contribution in [2.75, 3.05) is 0 Å². The lowest BCUT2D eigenvalue weighted by Gasteiger charge is -2.18. The molecule has 1 atom stereocenters. The summed E-state index contributed by atoms with van der Waals surface area (Å²) in [6, 6.07) is 5.60. The van der Waals surface area contributed by atoms with Crippen molar-refractivity contribution in [3.05, 3.63) is 29.8 Å². The molecule has 0 aliphatic carbocycles. The number of aliphatic hydroxyl groups is 1. The van der Waals surface area contributed by atoms with E-state index in [0.29, 0.717) is 0 Å². The van der Waals surface area contributed by atoms with Crippen LogP contribution in [-0.4, -0.2) is 29.5 Å². The van der Waals surface area contributed by atoms with Gasteiger partial charge in [0.15, 0.2) is 0 Å². The smallest absolute Gasteiger partial charge is 0.351 e. The largest absolute Gasteiger partial charge is 0.478 e. The minimum atomic E-state index is -4.30. The van der Waals surface area contributed by atoms with E-state index in [0.717, 1.165) is 12.5 Å². The summed E-state index contributed by atoms with van der Waals surface area (Å²) >= 11 is 0. The summed E-state index contributed by atoms with van der Waals surface area (Å²) in [5, 5.41) is 18.1. The Kier molecular flexibility index (Phi) is 3.07. The molecular formula is C10H12O5S. The van der Waals surface area contributed by atoms with Crippen molar-refractivity contribution in [2.24, 2.45) is 0 Å². The van der Waals surface area contributed by atoms with Crippen LogP contribution in [-0.2, 0) is 14.6 Å². The Morgan fingerprint density at radius 1 is 1.25 bits per heavy atom. The summed E-state index contributed by atoms with van der Waals surface area (Å²) in [5.41, 5.74) is 0.842. The second kappa shape index (κ2) is 3.88. The topological polar surface area (TPSA) is 91.7 Å². The fraction of sp³-hybridized carbons (Fsp3) is 0.300. The third-order valence-corrected chi connectivity index (χ3v) is 4.37. The molecule has 0 amide bonds. The van der Waals surface area contributed by atoms with E-state index in [9.17, 15) is 18.3 Å². The number of hydrogen-bond acceptors (Lipinski definition) is 4. The van der Waals surface area contributed by atoms with Gasteiger partial charge in [0.1, 0.15) is 0 Å². The van der Waals surface area contributed by atoms with Crippen LogP contribution >= 0.6 is 0 Å². The van der Waals surface area contributed by atoms with Gasteiger partial charge in [-0.05, 0) is 26.0 Å². The van der Waals surface area contributed by atoms with Crippen molar-refractivity contribution < 1.29 is 23.4 Å². The standard InChI is InChI=1S/C10H12O5S/c1-7-3-5-8(6-4-7)16(14,15)10(2,13)9(11)12/h3-6,13H,1-2H3,(H,11,12). The van der Waals surface area contributed by atoms with Gasteiger partial charge in [0, 0.05) is 0 Å². The number of rotatable bonds is 3. The molecule has 1 aromatic rings. The van der Waals surface area contributed by atoms with Crippen molar-refractivity contribution in [3.8, 4) is 0 Å². The molecule has 88 valence electrons. The molecule has 2 N–H and O–H groups in total. The molecule has 0 spiro atoms. The fourth-order valence-electron chi connectivity index (χ4n) is 1.06. The Hall–Kier alpha value is -1.40. The molecule has 5 nitrogen and oxygen atoms in total. The van der Waals surface area contributed by atoms with Crippen molar-refractivity contribution in [3.63, 3.8) is 0 Å². The van der Waals surface area contributed by atoms with E-state index in [1.165, 1.54) is 24.3 Å². The number of aryl methyl sites for hydroxylation is 1. The summed E-state index contributed by atoms with van der Waals surface area (Å²) in [5.74, 6) is -1.80. The van der Waals surface area contributed by atoms with Crippen LogP contribution < -0.4 is 0 Å². The molecule has 16 heavy (non-hydrogen) atoms. The first-order valence-corrected chi connectivity index (χ1v) is 5.95. The number of carboxylic acids is 1. The average molecular weight is 244 g/mol. The molecule has 0 aliphatic rings. The maximum absolute atomic E-state index is 11.8. The highest BCUT2D eigenvalue weighted by Crippen LogP contribution is 2.23. The minimum Gasteiger partial charge on any atom is -0.478 e. The van der Waals surface area contributed by atoms with Gasteiger partial charge >= 0.3 is 5.97 Å². The molecule has 0 fully saturated rings. The number of sulfone groups is 1. The first-order valence-electron chi connectivity index (χ1n) is 4.46. The predicted octanol–water partition coefficient (Wildman–Crippen LogP) is 0.562. The maximum Gasteiger partial charge on any atom is 0.351 e. The van der Waals surface area contributed by atoms with Crippen LogP contribution in [0.4, 0.5) is 0 Å². The third-order valence-electron chi connectivity index (χ3n) is 2.25. The van der Waals surface area contributed by atoms with E-state index < -0.39 is 20.7 Å². The molecule has 0 aliphatic heterocycles. The molecule has 0 aromatic heterocycles. The SMILES string of the molecule is Cc1ccc(S(=O)(=O)C(C)(O)C(=O)O)cc1. The van der Waals surface area contributed by atoms with Gasteiger partial charge in [-0.2, -0.15) is 0 Å². The normalized spacial score (nSPS) is 15.4. The molecule has 0 heterocycles. The zero-order chi connectivity index (χ0) is 12.6. The number of carboxylic acid groups (broad SMARTS) is 1. The van der Waals surface area contributed by atoms with E-state index in [-0.39, 0.29) is 4.90 Å².